The van der Waals surface area contributed by atoms with Gasteiger partial charge in [-0.15, -0.1) is 0 Å². The molecule has 4 aromatic carbocycles. The maximum Gasteiger partial charge on any atom is 0.160 e. The van der Waals surface area contributed by atoms with Gasteiger partial charge in [0.15, 0.2) is 5.82 Å². The Morgan fingerprint density at radius 3 is 1.90 bits per heavy atom. The standard InChI is InChI=1S/C38H32N2/c1-5-14-31-32-22-21-29(24-34(32)38(3,4)33(31)6-2)28-19-13-20-30(23-28)36-25-35(26-15-9-7-10-16-26)39-37(40-36)27-17-11-8-12-18-27/h5-25H,2H2,1,3-4H3/b14-5-. The maximum absolute atomic E-state index is 5.03. The molecule has 6 rings (SSSR count). The van der Waals surface area contributed by atoms with Crippen molar-refractivity contribution in [3.8, 4) is 45.0 Å². The molecule has 0 bridgehead atoms. The van der Waals surface area contributed by atoms with Crippen LogP contribution in [0.4, 0.5) is 0 Å². The molecular weight excluding hydrogens is 484 g/mol. The van der Waals surface area contributed by atoms with Gasteiger partial charge in [-0.05, 0) is 58.5 Å². The van der Waals surface area contributed by atoms with Crippen LogP contribution in [0.3, 0.4) is 0 Å². The van der Waals surface area contributed by atoms with Crippen molar-refractivity contribution in [1.29, 1.82) is 0 Å². The molecule has 0 amide bonds. The molecule has 2 nitrogen and oxygen atoms in total. The van der Waals surface area contributed by atoms with Crippen LogP contribution in [0.15, 0.2) is 140 Å². The molecule has 0 atom stereocenters. The van der Waals surface area contributed by atoms with E-state index in [2.05, 4.69) is 112 Å². The van der Waals surface area contributed by atoms with Crippen molar-refractivity contribution in [2.75, 3.05) is 0 Å². The zero-order valence-electron chi connectivity index (χ0n) is 23.2. The fraction of sp³-hybridized carbons (Fsp3) is 0.105. The van der Waals surface area contributed by atoms with Gasteiger partial charge in [-0.2, -0.15) is 0 Å². The quantitative estimate of drug-likeness (QED) is 0.224. The van der Waals surface area contributed by atoms with E-state index in [1.54, 1.807) is 0 Å². The highest BCUT2D eigenvalue weighted by molar-refractivity contribution is 5.89. The van der Waals surface area contributed by atoms with Gasteiger partial charge in [0.1, 0.15) is 0 Å². The lowest BCUT2D eigenvalue weighted by Crippen LogP contribution is -2.16. The van der Waals surface area contributed by atoms with Gasteiger partial charge in [0.2, 0.25) is 0 Å². The Bertz CT molecular complexity index is 1720. The molecule has 40 heavy (non-hydrogen) atoms. The molecule has 5 aromatic rings. The Morgan fingerprint density at radius 2 is 1.23 bits per heavy atom. The minimum Gasteiger partial charge on any atom is -0.228 e. The van der Waals surface area contributed by atoms with Crippen molar-refractivity contribution in [2.45, 2.75) is 26.2 Å². The van der Waals surface area contributed by atoms with E-state index in [0.29, 0.717) is 0 Å². The largest absolute Gasteiger partial charge is 0.228 e. The van der Waals surface area contributed by atoms with Crippen LogP contribution >= 0.6 is 0 Å². The van der Waals surface area contributed by atoms with Crippen LogP contribution in [-0.2, 0) is 5.41 Å². The lowest BCUT2D eigenvalue weighted by Gasteiger charge is -2.23. The average Bonchev–Trinajstić information content (AvgIpc) is 3.22. The molecule has 0 unspecified atom stereocenters. The van der Waals surface area contributed by atoms with Gasteiger partial charge in [-0.3, -0.25) is 0 Å². The monoisotopic (exact) mass is 516 g/mol. The van der Waals surface area contributed by atoms with Crippen molar-refractivity contribution < 1.29 is 0 Å². The predicted molar refractivity (Wildman–Crippen MR) is 169 cm³/mol. The van der Waals surface area contributed by atoms with Gasteiger partial charge in [-0.25, -0.2) is 9.97 Å². The second-order valence-corrected chi connectivity index (χ2v) is 10.7. The smallest absolute Gasteiger partial charge is 0.160 e. The molecule has 0 aliphatic heterocycles. The van der Waals surface area contributed by atoms with Crippen molar-refractivity contribution in [2.24, 2.45) is 0 Å². The zero-order valence-corrected chi connectivity index (χ0v) is 23.2. The minimum absolute atomic E-state index is 0.110. The molecule has 2 heteroatoms. The van der Waals surface area contributed by atoms with E-state index >= 15 is 0 Å². The van der Waals surface area contributed by atoms with Crippen LogP contribution in [0.2, 0.25) is 0 Å². The molecule has 0 fully saturated rings. The van der Waals surface area contributed by atoms with Crippen molar-refractivity contribution in [3.63, 3.8) is 0 Å². The fourth-order valence-corrected chi connectivity index (χ4v) is 5.74. The van der Waals surface area contributed by atoms with Gasteiger partial charge in [-0.1, -0.05) is 130 Å². The summed E-state index contributed by atoms with van der Waals surface area (Å²) >= 11 is 0. The number of hydrogen-bond donors (Lipinski definition) is 0. The molecule has 0 radical (unpaired) electrons. The van der Waals surface area contributed by atoms with Crippen molar-refractivity contribution in [3.05, 3.63) is 151 Å². The van der Waals surface area contributed by atoms with Gasteiger partial charge in [0, 0.05) is 22.1 Å². The molecule has 1 aromatic heterocycles. The zero-order chi connectivity index (χ0) is 27.7. The first-order chi connectivity index (χ1) is 19.5. The van der Waals surface area contributed by atoms with Gasteiger partial charge < -0.3 is 0 Å². The average molecular weight is 517 g/mol. The van der Waals surface area contributed by atoms with Crippen LogP contribution in [0.5, 0.6) is 0 Å². The van der Waals surface area contributed by atoms with E-state index in [0.717, 1.165) is 39.5 Å². The summed E-state index contributed by atoms with van der Waals surface area (Å²) < 4.78 is 0. The molecule has 1 aliphatic rings. The van der Waals surface area contributed by atoms with E-state index in [9.17, 15) is 0 Å². The summed E-state index contributed by atoms with van der Waals surface area (Å²) in [7, 11) is 0. The Morgan fingerprint density at radius 1 is 0.625 bits per heavy atom. The predicted octanol–water partition coefficient (Wildman–Crippen LogP) is 9.95. The van der Waals surface area contributed by atoms with Crippen LogP contribution in [0.25, 0.3) is 50.6 Å². The molecule has 0 spiro atoms. The molecule has 0 saturated heterocycles. The number of allylic oxidation sites excluding steroid dienone is 5. The van der Waals surface area contributed by atoms with Gasteiger partial charge in [0.05, 0.1) is 11.4 Å². The summed E-state index contributed by atoms with van der Waals surface area (Å²) in [6, 6.07) is 38.1. The summed E-state index contributed by atoms with van der Waals surface area (Å²) in [6.07, 6.45) is 6.32. The number of benzene rings is 4. The lowest BCUT2D eigenvalue weighted by atomic mass is 9.80. The number of rotatable bonds is 6. The van der Waals surface area contributed by atoms with Crippen LogP contribution in [0.1, 0.15) is 31.9 Å². The second kappa shape index (κ2) is 10.4. The fourth-order valence-electron chi connectivity index (χ4n) is 5.74. The van der Waals surface area contributed by atoms with Crippen LogP contribution in [-0.4, -0.2) is 9.97 Å². The van der Waals surface area contributed by atoms with Crippen molar-refractivity contribution >= 4 is 5.57 Å². The lowest BCUT2D eigenvalue weighted by molar-refractivity contribution is 0.655. The van der Waals surface area contributed by atoms with E-state index in [1.165, 1.54) is 27.8 Å². The number of nitrogens with zero attached hydrogens (tertiary/aromatic N) is 2. The SMILES string of the molecule is C=CC1=C(/C=C\C)c2ccc(-c3cccc(-c4cc(-c5ccccc5)nc(-c5ccccc5)n4)c3)cc2C1(C)C. The normalized spacial score (nSPS) is 14.0. The van der Waals surface area contributed by atoms with E-state index in [4.69, 9.17) is 9.97 Å². The Balaban J connectivity index is 1.45. The minimum atomic E-state index is -0.110. The topological polar surface area (TPSA) is 25.8 Å². The van der Waals surface area contributed by atoms with E-state index < -0.39 is 0 Å². The first-order valence-electron chi connectivity index (χ1n) is 13.7. The molecule has 1 aliphatic carbocycles. The van der Waals surface area contributed by atoms with E-state index in [-0.39, 0.29) is 5.41 Å². The Kier molecular flexibility index (Phi) is 6.61. The Hall–Kier alpha value is -4.82. The summed E-state index contributed by atoms with van der Waals surface area (Å²) in [4.78, 5) is 9.97. The number of aromatic nitrogens is 2. The first-order valence-corrected chi connectivity index (χ1v) is 13.7. The first kappa shape index (κ1) is 25.5. The number of hydrogen-bond acceptors (Lipinski definition) is 2. The molecule has 0 saturated carbocycles. The third-order valence-corrected chi connectivity index (χ3v) is 7.80. The molecule has 0 N–H and O–H groups in total. The Labute approximate surface area is 237 Å². The molecule has 1 heterocycles. The van der Waals surface area contributed by atoms with Crippen LogP contribution < -0.4 is 0 Å². The summed E-state index contributed by atoms with van der Waals surface area (Å²) in [5.41, 5.74) is 12.4. The van der Waals surface area contributed by atoms with Crippen molar-refractivity contribution in [1.82, 2.24) is 9.97 Å². The number of fused-ring (bicyclic) bond motifs is 1. The summed E-state index contributed by atoms with van der Waals surface area (Å²) in [6.45, 7) is 10.8. The second-order valence-electron chi connectivity index (χ2n) is 10.7. The molecular formula is C38H32N2. The van der Waals surface area contributed by atoms with Gasteiger partial charge in [0.25, 0.3) is 0 Å². The van der Waals surface area contributed by atoms with Gasteiger partial charge >= 0.3 is 0 Å². The van der Waals surface area contributed by atoms with Crippen LogP contribution in [0, 0.1) is 0 Å². The highest BCUT2D eigenvalue weighted by Crippen LogP contribution is 2.48. The highest BCUT2D eigenvalue weighted by atomic mass is 14.9. The third-order valence-electron chi connectivity index (χ3n) is 7.80. The maximum atomic E-state index is 5.03. The summed E-state index contributed by atoms with van der Waals surface area (Å²) in [5, 5.41) is 0. The third kappa shape index (κ3) is 4.52. The summed E-state index contributed by atoms with van der Waals surface area (Å²) in [5.74, 6) is 0.723. The molecule has 194 valence electrons. The van der Waals surface area contributed by atoms with E-state index in [1.807, 2.05) is 42.5 Å². The highest BCUT2D eigenvalue weighted by Gasteiger charge is 2.35.